The van der Waals surface area contributed by atoms with Gasteiger partial charge in [-0.15, -0.1) is 0 Å². The SMILES string of the molecule is NCc1ccccc1OC1CCC(N)CC1. The van der Waals surface area contributed by atoms with Gasteiger partial charge in [-0.1, -0.05) is 18.2 Å². The summed E-state index contributed by atoms with van der Waals surface area (Å²) in [6, 6.07) is 8.36. The van der Waals surface area contributed by atoms with Crippen LogP contribution < -0.4 is 16.2 Å². The summed E-state index contributed by atoms with van der Waals surface area (Å²) in [5.41, 5.74) is 12.6. The second-order valence-electron chi connectivity index (χ2n) is 4.47. The molecule has 0 amide bonds. The van der Waals surface area contributed by atoms with E-state index in [4.69, 9.17) is 16.2 Å². The van der Waals surface area contributed by atoms with Gasteiger partial charge in [-0.05, 0) is 31.7 Å². The van der Waals surface area contributed by atoms with Crippen LogP contribution in [0.15, 0.2) is 24.3 Å². The smallest absolute Gasteiger partial charge is 0.124 e. The third-order valence-corrected chi connectivity index (χ3v) is 3.21. The molecule has 0 aliphatic heterocycles. The first-order chi connectivity index (χ1) is 7.79. The van der Waals surface area contributed by atoms with E-state index < -0.39 is 0 Å². The zero-order valence-electron chi connectivity index (χ0n) is 9.56. The Morgan fingerprint density at radius 3 is 2.50 bits per heavy atom. The van der Waals surface area contributed by atoms with Crippen molar-refractivity contribution < 1.29 is 4.74 Å². The number of rotatable bonds is 3. The molecule has 2 rings (SSSR count). The van der Waals surface area contributed by atoms with E-state index in [-0.39, 0.29) is 0 Å². The Bertz CT molecular complexity index is 332. The summed E-state index contributed by atoms with van der Waals surface area (Å²) in [6.07, 6.45) is 4.55. The molecule has 1 aromatic rings. The molecule has 0 bridgehead atoms. The van der Waals surface area contributed by atoms with Gasteiger partial charge in [0.15, 0.2) is 0 Å². The Labute approximate surface area is 96.8 Å². The van der Waals surface area contributed by atoms with Crippen LogP contribution in [0.1, 0.15) is 31.2 Å². The number of para-hydroxylation sites is 1. The highest BCUT2D eigenvalue weighted by Crippen LogP contribution is 2.25. The molecule has 0 aromatic heterocycles. The first-order valence-electron chi connectivity index (χ1n) is 6.00. The monoisotopic (exact) mass is 220 g/mol. The molecule has 1 aromatic carbocycles. The van der Waals surface area contributed by atoms with Crippen LogP contribution in [0.5, 0.6) is 5.75 Å². The number of benzene rings is 1. The summed E-state index contributed by atoms with van der Waals surface area (Å²) >= 11 is 0. The molecule has 0 heterocycles. The van der Waals surface area contributed by atoms with Gasteiger partial charge in [0.1, 0.15) is 5.75 Å². The fourth-order valence-electron chi connectivity index (χ4n) is 2.17. The van der Waals surface area contributed by atoms with Crippen LogP contribution in [0.25, 0.3) is 0 Å². The van der Waals surface area contributed by atoms with Gasteiger partial charge < -0.3 is 16.2 Å². The molecule has 0 spiro atoms. The predicted octanol–water partition coefficient (Wildman–Crippen LogP) is 1.79. The van der Waals surface area contributed by atoms with E-state index in [1.807, 2.05) is 24.3 Å². The fourth-order valence-corrected chi connectivity index (χ4v) is 2.17. The maximum Gasteiger partial charge on any atom is 0.124 e. The van der Waals surface area contributed by atoms with Crippen molar-refractivity contribution in [1.29, 1.82) is 0 Å². The van der Waals surface area contributed by atoms with Gasteiger partial charge in [0.25, 0.3) is 0 Å². The lowest BCUT2D eigenvalue weighted by Gasteiger charge is -2.27. The summed E-state index contributed by atoms with van der Waals surface area (Å²) in [4.78, 5) is 0. The molecule has 0 saturated heterocycles. The van der Waals surface area contributed by atoms with Gasteiger partial charge in [-0.3, -0.25) is 0 Å². The molecule has 1 saturated carbocycles. The van der Waals surface area contributed by atoms with Crippen molar-refractivity contribution in [2.24, 2.45) is 11.5 Å². The van der Waals surface area contributed by atoms with E-state index in [2.05, 4.69) is 0 Å². The van der Waals surface area contributed by atoms with Crippen molar-refractivity contribution in [3.8, 4) is 5.75 Å². The van der Waals surface area contributed by atoms with Crippen molar-refractivity contribution >= 4 is 0 Å². The first kappa shape index (κ1) is 11.4. The number of nitrogens with two attached hydrogens (primary N) is 2. The molecule has 1 fully saturated rings. The Balaban J connectivity index is 1.98. The largest absolute Gasteiger partial charge is 0.490 e. The molecule has 1 aliphatic carbocycles. The zero-order valence-corrected chi connectivity index (χ0v) is 9.56. The van der Waals surface area contributed by atoms with E-state index in [1.54, 1.807) is 0 Å². The first-order valence-corrected chi connectivity index (χ1v) is 6.00. The summed E-state index contributed by atoms with van der Waals surface area (Å²) in [6.45, 7) is 0.530. The van der Waals surface area contributed by atoms with E-state index in [9.17, 15) is 0 Å². The number of hydrogen-bond acceptors (Lipinski definition) is 3. The van der Waals surface area contributed by atoms with Crippen LogP contribution in [0.3, 0.4) is 0 Å². The minimum atomic E-state index is 0.312. The van der Waals surface area contributed by atoms with Crippen LogP contribution >= 0.6 is 0 Å². The average Bonchev–Trinajstić information content (AvgIpc) is 2.33. The van der Waals surface area contributed by atoms with Gasteiger partial charge in [-0.2, -0.15) is 0 Å². The van der Waals surface area contributed by atoms with Gasteiger partial charge in [0.2, 0.25) is 0 Å². The standard InChI is InChI=1S/C13H20N2O/c14-9-10-3-1-2-4-13(10)16-12-7-5-11(15)6-8-12/h1-4,11-12H,5-9,14-15H2. The van der Waals surface area contributed by atoms with E-state index in [0.717, 1.165) is 37.0 Å². The third-order valence-electron chi connectivity index (χ3n) is 3.21. The molecule has 0 atom stereocenters. The summed E-state index contributed by atoms with van der Waals surface area (Å²) in [5, 5.41) is 0. The van der Waals surface area contributed by atoms with Crippen LogP contribution in [0.4, 0.5) is 0 Å². The van der Waals surface area contributed by atoms with Crippen LogP contribution in [0.2, 0.25) is 0 Å². The molecule has 4 N–H and O–H groups in total. The highest BCUT2D eigenvalue weighted by atomic mass is 16.5. The molecule has 0 unspecified atom stereocenters. The van der Waals surface area contributed by atoms with E-state index >= 15 is 0 Å². The highest BCUT2D eigenvalue weighted by Gasteiger charge is 2.20. The minimum absolute atomic E-state index is 0.312. The lowest BCUT2D eigenvalue weighted by molar-refractivity contribution is 0.146. The lowest BCUT2D eigenvalue weighted by Crippen LogP contribution is -2.31. The second kappa shape index (κ2) is 5.32. The molecule has 88 valence electrons. The van der Waals surface area contributed by atoms with E-state index in [0.29, 0.717) is 18.7 Å². The lowest BCUT2D eigenvalue weighted by atomic mass is 9.93. The van der Waals surface area contributed by atoms with Gasteiger partial charge >= 0.3 is 0 Å². The van der Waals surface area contributed by atoms with Crippen LogP contribution in [-0.2, 0) is 6.54 Å². The van der Waals surface area contributed by atoms with Crippen molar-refractivity contribution in [2.75, 3.05) is 0 Å². The van der Waals surface area contributed by atoms with Crippen molar-refractivity contribution in [1.82, 2.24) is 0 Å². The molecule has 16 heavy (non-hydrogen) atoms. The molecular formula is C13H20N2O. The van der Waals surface area contributed by atoms with Crippen molar-refractivity contribution in [3.63, 3.8) is 0 Å². The quantitative estimate of drug-likeness (QED) is 0.816. The summed E-state index contributed by atoms with van der Waals surface area (Å²) < 4.78 is 5.99. The second-order valence-corrected chi connectivity index (χ2v) is 4.47. The molecule has 1 aliphatic rings. The Kier molecular flexibility index (Phi) is 3.80. The molecule has 3 heteroatoms. The molecule has 3 nitrogen and oxygen atoms in total. The van der Waals surface area contributed by atoms with Crippen LogP contribution in [-0.4, -0.2) is 12.1 Å². The topological polar surface area (TPSA) is 61.3 Å². The van der Waals surface area contributed by atoms with Crippen LogP contribution in [0, 0.1) is 0 Å². The van der Waals surface area contributed by atoms with Gasteiger partial charge in [0, 0.05) is 18.2 Å². The number of hydrogen-bond donors (Lipinski definition) is 2. The maximum atomic E-state index is 5.99. The molecular weight excluding hydrogens is 200 g/mol. The van der Waals surface area contributed by atoms with Crippen molar-refractivity contribution in [2.45, 2.75) is 44.4 Å². The van der Waals surface area contributed by atoms with Crippen molar-refractivity contribution in [3.05, 3.63) is 29.8 Å². The fraction of sp³-hybridized carbons (Fsp3) is 0.538. The highest BCUT2D eigenvalue weighted by molar-refractivity contribution is 5.33. The third kappa shape index (κ3) is 2.74. The maximum absolute atomic E-state index is 5.99. The normalized spacial score (nSPS) is 25.4. The Morgan fingerprint density at radius 1 is 1.12 bits per heavy atom. The number of ether oxygens (including phenoxy) is 1. The zero-order chi connectivity index (χ0) is 11.4. The Hall–Kier alpha value is -1.06. The summed E-state index contributed by atoms with van der Waals surface area (Å²) in [5.74, 6) is 0.936. The average molecular weight is 220 g/mol. The van der Waals surface area contributed by atoms with E-state index in [1.165, 1.54) is 0 Å². The van der Waals surface area contributed by atoms with Gasteiger partial charge in [0.05, 0.1) is 6.10 Å². The predicted molar refractivity (Wildman–Crippen MR) is 65.2 cm³/mol. The minimum Gasteiger partial charge on any atom is -0.490 e. The Morgan fingerprint density at radius 2 is 1.81 bits per heavy atom. The molecule has 0 radical (unpaired) electrons. The van der Waals surface area contributed by atoms with Gasteiger partial charge in [-0.25, -0.2) is 0 Å². The summed E-state index contributed by atoms with van der Waals surface area (Å²) in [7, 11) is 0.